The molecule has 0 saturated heterocycles. The number of anilines is 1. The van der Waals surface area contributed by atoms with Crippen LogP contribution < -0.4 is 4.31 Å². The lowest BCUT2D eigenvalue weighted by Gasteiger charge is -2.30. The molecule has 2 aromatic rings. The summed E-state index contributed by atoms with van der Waals surface area (Å²) in [7, 11) is -4.21. The Balaban J connectivity index is 2.57. The second-order valence-corrected chi connectivity index (χ2v) is 7.69. The Morgan fingerprint density at radius 1 is 1.23 bits per heavy atom. The zero-order chi connectivity index (χ0) is 19.3. The topological polar surface area (TPSA) is 86.1 Å². The van der Waals surface area contributed by atoms with Gasteiger partial charge in [-0.3, -0.25) is 4.31 Å². The molecule has 0 saturated carbocycles. The van der Waals surface area contributed by atoms with E-state index in [1.54, 1.807) is 0 Å². The van der Waals surface area contributed by atoms with E-state index in [-0.39, 0.29) is 17.9 Å². The van der Waals surface area contributed by atoms with Crippen molar-refractivity contribution in [3.63, 3.8) is 0 Å². The lowest BCUT2D eigenvalue weighted by atomic mass is 10.2. The first-order chi connectivity index (χ1) is 12.3. The average molecular weight is 401 g/mol. The van der Waals surface area contributed by atoms with Crippen molar-refractivity contribution in [2.24, 2.45) is 5.11 Å². The van der Waals surface area contributed by atoms with E-state index >= 15 is 0 Å². The van der Waals surface area contributed by atoms with E-state index in [0.717, 1.165) is 22.5 Å². The lowest BCUT2D eigenvalue weighted by Crippen LogP contribution is -2.39. The third-order valence-corrected chi connectivity index (χ3v) is 5.82. The van der Waals surface area contributed by atoms with E-state index in [0.29, 0.717) is 5.02 Å². The van der Waals surface area contributed by atoms with Gasteiger partial charge in [-0.1, -0.05) is 16.7 Å². The Kier molecular flexibility index (Phi) is 6.42. The van der Waals surface area contributed by atoms with Crippen molar-refractivity contribution in [1.29, 1.82) is 0 Å². The molecule has 0 aliphatic rings. The number of benzene rings is 2. The molecule has 2 rings (SSSR count). The summed E-state index contributed by atoms with van der Waals surface area (Å²) in [4.78, 5) is 2.49. The highest BCUT2D eigenvalue weighted by Crippen LogP contribution is 2.30. The van der Waals surface area contributed by atoms with E-state index < -0.39 is 33.4 Å². The monoisotopic (exact) mass is 400 g/mol. The van der Waals surface area contributed by atoms with Gasteiger partial charge in [-0.25, -0.2) is 17.2 Å². The summed E-state index contributed by atoms with van der Waals surface area (Å²) in [6.45, 7) is 1.52. The lowest BCUT2D eigenvalue weighted by molar-refractivity contribution is 0.559. The standard InChI is InChI=1S/C16H15ClF2N4O2S/c1-11(8-9-21-22-20)23(16-10-13(18)4-7-15(16)19)26(24,25)14-5-2-12(17)3-6-14/h2-7,10-11H,8-9H2,1H3. The van der Waals surface area contributed by atoms with Crippen LogP contribution in [0.1, 0.15) is 13.3 Å². The molecule has 2 aromatic carbocycles. The van der Waals surface area contributed by atoms with Gasteiger partial charge in [0.05, 0.1) is 10.6 Å². The van der Waals surface area contributed by atoms with Gasteiger partial charge in [0.25, 0.3) is 10.0 Å². The number of nitrogens with zero attached hydrogens (tertiary/aromatic N) is 4. The average Bonchev–Trinajstić information content (AvgIpc) is 2.58. The van der Waals surface area contributed by atoms with E-state index in [4.69, 9.17) is 17.1 Å². The van der Waals surface area contributed by atoms with Crippen molar-refractivity contribution >= 4 is 27.3 Å². The number of halogens is 3. The van der Waals surface area contributed by atoms with Gasteiger partial charge < -0.3 is 0 Å². The van der Waals surface area contributed by atoms with Crippen LogP contribution in [0.25, 0.3) is 10.4 Å². The molecule has 0 bridgehead atoms. The van der Waals surface area contributed by atoms with Crippen LogP contribution in [0.3, 0.4) is 0 Å². The zero-order valence-electron chi connectivity index (χ0n) is 13.7. The Hall–Kier alpha value is -2.35. The highest BCUT2D eigenvalue weighted by atomic mass is 35.5. The third-order valence-electron chi connectivity index (χ3n) is 3.63. The summed E-state index contributed by atoms with van der Waals surface area (Å²) in [5.41, 5.74) is 7.96. The maximum Gasteiger partial charge on any atom is 0.264 e. The first-order valence-electron chi connectivity index (χ1n) is 7.53. The summed E-state index contributed by atoms with van der Waals surface area (Å²) in [6, 6.07) is 7.11. The van der Waals surface area contributed by atoms with Crippen molar-refractivity contribution in [3.8, 4) is 0 Å². The second-order valence-electron chi connectivity index (χ2n) is 5.44. The maximum absolute atomic E-state index is 14.3. The number of hydrogen-bond donors (Lipinski definition) is 0. The van der Waals surface area contributed by atoms with Crippen LogP contribution in [0, 0.1) is 11.6 Å². The number of rotatable bonds is 7. The summed E-state index contributed by atoms with van der Waals surface area (Å²) in [5, 5.41) is 3.70. The molecule has 0 aliphatic heterocycles. The van der Waals surface area contributed by atoms with Gasteiger partial charge in [-0.15, -0.1) is 0 Å². The van der Waals surface area contributed by atoms with E-state index in [1.807, 2.05) is 0 Å². The van der Waals surface area contributed by atoms with Crippen molar-refractivity contribution in [2.75, 3.05) is 10.8 Å². The van der Waals surface area contributed by atoms with Crippen molar-refractivity contribution in [1.82, 2.24) is 0 Å². The SMILES string of the molecule is CC(CCN=[N+]=[N-])N(c1cc(F)ccc1F)S(=O)(=O)c1ccc(Cl)cc1. The predicted octanol–water partition coefficient (Wildman–Crippen LogP) is 4.90. The Morgan fingerprint density at radius 3 is 2.50 bits per heavy atom. The van der Waals surface area contributed by atoms with E-state index in [9.17, 15) is 17.2 Å². The molecule has 0 amide bonds. The van der Waals surface area contributed by atoms with E-state index in [1.165, 1.54) is 31.2 Å². The molecule has 6 nitrogen and oxygen atoms in total. The normalized spacial score (nSPS) is 12.3. The minimum atomic E-state index is -4.21. The maximum atomic E-state index is 14.3. The molecular formula is C16H15ClF2N4O2S. The molecule has 0 aromatic heterocycles. The molecular weight excluding hydrogens is 386 g/mol. The highest BCUT2D eigenvalue weighted by Gasteiger charge is 2.31. The van der Waals surface area contributed by atoms with Gasteiger partial charge in [-0.2, -0.15) is 0 Å². The molecule has 10 heteroatoms. The molecule has 26 heavy (non-hydrogen) atoms. The predicted molar refractivity (Wildman–Crippen MR) is 95.6 cm³/mol. The molecule has 0 radical (unpaired) electrons. The number of sulfonamides is 1. The molecule has 0 aliphatic carbocycles. The van der Waals surface area contributed by atoms with Gasteiger partial charge >= 0.3 is 0 Å². The second kappa shape index (κ2) is 8.35. The quantitative estimate of drug-likeness (QED) is 0.376. The molecule has 0 heterocycles. The molecule has 0 N–H and O–H groups in total. The first kappa shape index (κ1) is 20.0. The van der Waals surface area contributed by atoms with Crippen LogP contribution >= 0.6 is 11.6 Å². The van der Waals surface area contributed by atoms with E-state index in [2.05, 4.69) is 10.0 Å². The minimum Gasteiger partial charge on any atom is -0.260 e. The first-order valence-corrected chi connectivity index (χ1v) is 9.35. The fourth-order valence-electron chi connectivity index (χ4n) is 2.39. The number of azide groups is 1. The molecule has 138 valence electrons. The Labute approximate surface area is 154 Å². The summed E-state index contributed by atoms with van der Waals surface area (Å²) >= 11 is 5.79. The van der Waals surface area contributed by atoms with Crippen LogP contribution in [-0.2, 0) is 10.0 Å². The van der Waals surface area contributed by atoms with Gasteiger partial charge in [0.15, 0.2) is 0 Å². The van der Waals surface area contributed by atoms with Gasteiger partial charge in [0.1, 0.15) is 11.6 Å². The summed E-state index contributed by atoms with van der Waals surface area (Å²) < 4.78 is 54.9. The Morgan fingerprint density at radius 2 is 1.88 bits per heavy atom. The molecule has 1 unspecified atom stereocenters. The smallest absolute Gasteiger partial charge is 0.260 e. The highest BCUT2D eigenvalue weighted by molar-refractivity contribution is 7.92. The van der Waals surface area contributed by atoms with Crippen LogP contribution in [0.15, 0.2) is 52.5 Å². The summed E-state index contributed by atoms with van der Waals surface area (Å²) in [6.07, 6.45) is 0.118. The third kappa shape index (κ3) is 4.43. The Bertz CT molecular complexity index is 932. The van der Waals surface area contributed by atoms with Crippen LogP contribution in [0.5, 0.6) is 0 Å². The molecule has 0 spiro atoms. The van der Waals surface area contributed by atoms with Gasteiger partial charge in [0.2, 0.25) is 0 Å². The molecule has 1 atom stereocenters. The van der Waals surface area contributed by atoms with Crippen molar-refractivity contribution in [3.05, 3.63) is 69.6 Å². The van der Waals surface area contributed by atoms with Gasteiger partial charge in [0, 0.05) is 28.6 Å². The van der Waals surface area contributed by atoms with Crippen LogP contribution in [-0.4, -0.2) is 21.0 Å². The van der Waals surface area contributed by atoms with Crippen molar-refractivity contribution in [2.45, 2.75) is 24.3 Å². The van der Waals surface area contributed by atoms with Crippen LogP contribution in [0.4, 0.5) is 14.5 Å². The minimum absolute atomic E-state index is 0.00123. The van der Waals surface area contributed by atoms with Crippen LogP contribution in [0.2, 0.25) is 5.02 Å². The largest absolute Gasteiger partial charge is 0.264 e. The fourth-order valence-corrected chi connectivity index (χ4v) is 4.20. The fraction of sp³-hybridized carbons (Fsp3) is 0.250. The van der Waals surface area contributed by atoms with Crippen molar-refractivity contribution < 1.29 is 17.2 Å². The zero-order valence-corrected chi connectivity index (χ0v) is 15.3. The number of hydrogen-bond acceptors (Lipinski definition) is 3. The van der Waals surface area contributed by atoms with Gasteiger partial charge in [-0.05, 0) is 55.3 Å². The summed E-state index contributed by atoms with van der Waals surface area (Å²) in [5.74, 6) is -1.67. The molecule has 0 fully saturated rings.